The second kappa shape index (κ2) is 8.32. The van der Waals surface area contributed by atoms with Crippen LogP contribution in [0.25, 0.3) is 0 Å². The minimum absolute atomic E-state index is 0.0757. The molecule has 1 amide bonds. The van der Waals surface area contributed by atoms with E-state index < -0.39 is 0 Å². The minimum Gasteiger partial charge on any atom is -0.497 e. The summed E-state index contributed by atoms with van der Waals surface area (Å²) in [7, 11) is 1.61. The van der Waals surface area contributed by atoms with E-state index in [4.69, 9.17) is 9.47 Å². The Hall–Kier alpha value is -1.84. The van der Waals surface area contributed by atoms with Crippen molar-refractivity contribution in [3.05, 3.63) is 24.3 Å². The molecule has 9 heteroatoms. The van der Waals surface area contributed by atoms with E-state index >= 15 is 0 Å². The van der Waals surface area contributed by atoms with E-state index in [1.807, 2.05) is 24.3 Å². The van der Waals surface area contributed by atoms with Gasteiger partial charge in [0.1, 0.15) is 5.75 Å². The number of rotatable bonds is 6. The van der Waals surface area contributed by atoms with Gasteiger partial charge in [-0.3, -0.25) is 4.79 Å². The maximum atomic E-state index is 12.0. The Labute approximate surface area is 148 Å². The molecule has 0 bridgehead atoms. The molecule has 1 fully saturated rings. The predicted octanol–water partition coefficient (Wildman–Crippen LogP) is 2.11. The topological polar surface area (TPSA) is 76.6 Å². The van der Waals surface area contributed by atoms with Crippen LogP contribution in [-0.4, -0.2) is 55.3 Å². The van der Waals surface area contributed by atoms with Crippen LogP contribution in [0.15, 0.2) is 28.6 Å². The molecule has 0 unspecified atom stereocenters. The monoisotopic (exact) mass is 366 g/mol. The summed E-state index contributed by atoms with van der Waals surface area (Å²) < 4.78 is 11.2. The van der Waals surface area contributed by atoms with E-state index in [1.165, 1.54) is 23.1 Å². The van der Waals surface area contributed by atoms with Crippen LogP contribution in [-0.2, 0) is 9.53 Å². The van der Waals surface area contributed by atoms with Crippen molar-refractivity contribution in [3.63, 3.8) is 0 Å². The first-order valence-corrected chi connectivity index (χ1v) is 9.28. The van der Waals surface area contributed by atoms with Crippen molar-refractivity contribution >= 4 is 39.8 Å². The molecule has 2 heterocycles. The molecule has 1 aliphatic heterocycles. The molecule has 0 radical (unpaired) electrons. The number of anilines is 2. The quantitative estimate of drug-likeness (QED) is 0.785. The standard InChI is InChI=1S/C15H18N4O3S2/c1-21-12-4-2-11(3-5-12)16-13(20)10-23-15-18-17-14(24-15)19-6-8-22-9-7-19/h2-5H,6-10H2,1H3,(H,16,20). The summed E-state index contributed by atoms with van der Waals surface area (Å²) in [6.45, 7) is 3.09. The van der Waals surface area contributed by atoms with Crippen molar-refractivity contribution in [2.45, 2.75) is 4.34 Å². The lowest BCUT2D eigenvalue weighted by atomic mass is 10.3. The summed E-state index contributed by atoms with van der Waals surface area (Å²) in [6, 6.07) is 7.23. The molecular weight excluding hydrogens is 348 g/mol. The van der Waals surface area contributed by atoms with Gasteiger partial charge in [-0.25, -0.2) is 0 Å². The number of hydrogen-bond donors (Lipinski definition) is 1. The first-order valence-electron chi connectivity index (χ1n) is 7.47. The van der Waals surface area contributed by atoms with Gasteiger partial charge in [0, 0.05) is 18.8 Å². The number of methoxy groups -OCH3 is 1. The van der Waals surface area contributed by atoms with Gasteiger partial charge in [0.15, 0.2) is 4.34 Å². The maximum absolute atomic E-state index is 12.0. The average molecular weight is 366 g/mol. The molecule has 128 valence electrons. The van der Waals surface area contributed by atoms with Crippen LogP contribution < -0.4 is 15.0 Å². The number of aromatic nitrogens is 2. The van der Waals surface area contributed by atoms with E-state index in [1.54, 1.807) is 7.11 Å². The Balaban J connectivity index is 1.48. The highest BCUT2D eigenvalue weighted by atomic mass is 32.2. The van der Waals surface area contributed by atoms with Gasteiger partial charge in [-0.1, -0.05) is 23.1 Å². The van der Waals surface area contributed by atoms with Gasteiger partial charge in [0.2, 0.25) is 11.0 Å². The second-order valence-electron chi connectivity index (χ2n) is 5.02. The first-order chi connectivity index (χ1) is 11.7. The number of amides is 1. The Morgan fingerprint density at radius 2 is 2.08 bits per heavy atom. The number of ether oxygens (including phenoxy) is 2. The van der Waals surface area contributed by atoms with Gasteiger partial charge < -0.3 is 19.7 Å². The summed E-state index contributed by atoms with van der Waals surface area (Å²) in [5.41, 5.74) is 0.743. The molecule has 2 aromatic rings. The van der Waals surface area contributed by atoms with Gasteiger partial charge in [0.25, 0.3) is 0 Å². The molecule has 0 aliphatic carbocycles. The summed E-state index contributed by atoms with van der Waals surface area (Å²) in [5.74, 6) is 0.976. The molecule has 7 nitrogen and oxygen atoms in total. The number of carbonyl (C=O) groups is 1. The maximum Gasteiger partial charge on any atom is 0.234 e. The minimum atomic E-state index is -0.0757. The third kappa shape index (κ3) is 4.59. The fraction of sp³-hybridized carbons (Fsp3) is 0.400. The van der Waals surface area contributed by atoms with Gasteiger partial charge in [0.05, 0.1) is 26.1 Å². The van der Waals surface area contributed by atoms with Crippen molar-refractivity contribution in [3.8, 4) is 5.75 Å². The third-order valence-corrected chi connectivity index (χ3v) is 5.50. The molecule has 1 saturated heterocycles. The molecule has 1 aromatic heterocycles. The fourth-order valence-corrected chi connectivity index (χ4v) is 3.83. The molecule has 0 spiro atoms. The van der Waals surface area contributed by atoms with E-state index in [0.29, 0.717) is 19.0 Å². The number of thioether (sulfide) groups is 1. The van der Waals surface area contributed by atoms with Crippen molar-refractivity contribution < 1.29 is 14.3 Å². The van der Waals surface area contributed by atoms with Crippen molar-refractivity contribution in [2.75, 3.05) is 49.4 Å². The SMILES string of the molecule is COc1ccc(NC(=O)CSc2nnc(N3CCOCC3)s2)cc1. The molecule has 0 atom stereocenters. The highest BCUT2D eigenvalue weighted by Gasteiger charge is 2.16. The zero-order valence-electron chi connectivity index (χ0n) is 13.2. The van der Waals surface area contributed by atoms with Crippen molar-refractivity contribution in [2.24, 2.45) is 0 Å². The van der Waals surface area contributed by atoms with E-state index in [2.05, 4.69) is 20.4 Å². The number of nitrogens with one attached hydrogen (secondary N) is 1. The molecule has 24 heavy (non-hydrogen) atoms. The van der Waals surface area contributed by atoms with Crippen LogP contribution in [0.1, 0.15) is 0 Å². The number of morpholine rings is 1. The predicted molar refractivity (Wildman–Crippen MR) is 95.3 cm³/mol. The van der Waals surface area contributed by atoms with Crippen LogP contribution in [0, 0.1) is 0 Å². The lowest BCUT2D eigenvalue weighted by Gasteiger charge is -2.25. The van der Waals surface area contributed by atoms with E-state index in [9.17, 15) is 4.79 Å². The summed E-state index contributed by atoms with van der Waals surface area (Å²) in [4.78, 5) is 14.2. The summed E-state index contributed by atoms with van der Waals surface area (Å²) in [5, 5.41) is 12.1. The molecular formula is C15H18N4O3S2. The highest BCUT2D eigenvalue weighted by Crippen LogP contribution is 2.28. The molecule has 3 rings (SSSR count). The zero-order valence-corrected chi connectivity index (χ0v) is 14.9. The van der Waals surface area contributed by atoms with Gasteiger partial charge in [-0.2, -0.15) is 0 Å². The highest BCUT2D eigenvalue weighted by molar-refractivity contribution is 8.01. The zero-order chi connectivity index (χ0) is 16.8. The Morgan fingerprint density at radius 3 is 2.79 bits per heavy atom. The molecule has 0 saturated carbocycles. The lowest BCUT2D eigenvalue weighted by molar-refractivity contribution is -0.113. The number of benzene rings is 1. The van der Waals surface area contributed by atoms with Crippen LogP contribution in [0.4, 0.5) is 10.8 Å². The lowest BCUT2D eigenvalue weighted by Crippen LogP contribution is -2.36. The van der Waals surface area contributed by atoms with Crippen LogP contribution in [0.5, 0.6) is 5.75 Å². The molecule has 1 N–H and O–H groups in total. The smallest absolute Gasteiger partial charge is 0.234 e. The van der Waals surface area contributed by atoms with Crippen LogP contribution in [0.3, 0.4) is 0 Å². The van der Waals surface area contributed by atoms with Crippen LogP contribution >= 0.6 is 23.1 Å². The second-order valence-corrected chi connectivity index (χ2v) is 7.19. The Bertz CT molecular complexity index is 672. The largest absolute Gasteiger partial charge is 0.497 e. The van der Waals surface area contributed by atoms with Gasteiger partial charge >= 0.3 is 0 Å². The average Bonchev–Trinajstić information content (AvgIpc) is 3.10. The number of hydrogen-bond acceptors (Lipinski definition) is 8. The normalized spacial score (nSPS) is 14.5. The fourth-order valence-electron chi connectivity index (χ4n) is 2.14. The number of carbonyl (C=O) groups excluding carboxylic acids is 1. The summed E-state index contributed by atoms with van der Waals surface area (Å²) >= 11 is 2.90. The van der Waals surface area contributed by atoms with Gasteiger partial charge in [-0.05, 0) is 24.3 Å². The van der Waals surface area contributed by atoms with Crippen molar-refractivity contribution in [1.82, 2.24) is 10.2 Å². The van der Waals surface area contributed by atoms with Gasteiger partial charge in [-0.15, -0.1) is 10.2 Å². The Morgan fingerprint density at radius 1 is 1.33 bits per heavy atom. The van der Waals surface area contributed by atoms with E-state index in [-0.39, 0.29) is 5.91 Å². The first kappa shape index (κ1) is 17.0. The number of nitrogens with zero attached hydrogens (tertiary/aromatic N) is 3. The Kier molecular flexibility index (Phi) is 5.89. The molecule has 1 aliphatic rings. The van der Waals surface area contributed by atoms with Crippen molar-refractivity contribution in [1.29, 1.82) is 0 Å². The van der Waals surface area contributed by atoms with Crippen LogP contribution in [0.2, 0.25) is 0 Å². The molecule has 1 aromatic carbocycles. The third-order valence-electron chi connectivity index (χ3n) is 3.38. The summed E-state index contributed by atoms with van der Waals surface area (Å²) in [6.07, 6.45) is 0. The van der Waals surface area contributed by atoms with E-state index in [0.717, 1.165) is 34.0 Å².